The molecule has 124 valence electrons. The highest BCUT2D eigenvalue weighted by Gasteiger charge is 2.14. The molecule has 0 spiro atoms. The molecule has 1 heterocycles. The molecule has 0 aliphatic heterocycles. The molecule has 6 nitrogen and oxygen atoms in total. The van der Waals surface area contributed by atoms with Crippen LogP contribution in [0.3, 0.4) is 0 Å². The second-order valence-corrected chi connectivity index (χ2v) is 6.33. The molecule has 0 unspecified atom stereocenters. The van der Waals surface area contributed by atoms with Crippen molar-refractivity contribution in [2.45, 2.75) is 17.1 Å². The number of aromatic nitrogens is 1. The first-order valence-corrected chi connectivity index (χ1v) is 9.03. The van der Waals surface area contributed by atoms with Gasteiger partial charge in [0.2, 0.25) is 0 Å². The number of nitriles is 1. The molecule has 1 aromatic heterocycles. The molecule has 24 heavy (non-hydrogen) atoms. The Labute approximate surface area is 147 Å². The lowest BCUT2D eigenvalue weighted by Crippen LogP contribution is -2.29. The number of ether oxygens (including phenoxy) is 1. The molecular formula is C16H15N3O3S2. The average Bonchev–Trinajstić information content (AvgIpc) is 3.12. The van der Waals surface area contributed by atoms with Gasteiger partial charge in [0.25, 0.3) is 5.91 Å². The first kappa shape index (κ1) is 18.0. The number of nitrogens with one attached hydrogen (secondary N) is 1. The van der Waals surface area contributed by atoms with E-state index in [1.807, 2.05) is 23.6 Å². The van der Waals surface area contributed by atoms with Gasteiger partial charge in [-0.05, 0) is 12.1 Å². The molecular weight excluding hydrogens is 346 g/mol. The summed E-state index contributed by atoms with van der Waals surface area (Å²) in [6, 6.07) is 9.01. The van der Waals surface area contributed by atoms with E-state index in [0.717, 1.165) is 10.6 Å². The van der Waals surface area contributed by atoms with Gasteiger partial charge in [-0.2, -0.15) is 5.26 Å². The van der Waals surface area contributed by atoms with Crippen LogP contribution in [0.25, 0.3) is 0 Å². The fourth-order valence-corrected chi connectivity index (χ4v) is 3.35. The highest BCUT2D eigenvalue weighted by molar-refractivity contribution is 7.98. The maximum atomic E-state index is 12.2. The second kappa shape index (κ2) is 9.70. The van der Waals surface area contributed by atoms with Crippen LogP contribution in [0.2, 0.25) is 0 Å². The normalized spacial score (nSPS) is 9.96. The minimum absolute atomic E-state index is 0.218. The van der Waals surface area contributed by atoms with Crippen LogP contribution >= 0.6 is 23.1 Å². The summed E-state index contributed by atoms with van der Waals surface area (Å²) in [6.45, 7) is -0.123. The zero-order chi connectivity index (χ0) is 17.2. The highest BCUT2D eigenvalue weighted by atomic mass is 32.2. The van der Waals surface area contributed by atoms with Gasteiger partial charge >= 0.3 is 5.97 Å². The molecule has 1 aromatic carbocycles. The number of carbonyl (C=O) groups excluding carboxylic acids is 2. The summed E-state index contributed by atoms with van der Waals surface area (Å²) in [5.41, 5.74) is 3.13. The molecule has 0 aliphatic rings. The number of benzene rings is 1. The van der Waals surface area contributed by atoms with Crippen molar-refractivity contribution in [3.63, 3.8) is 0 Å². The molecule has 0 fully saturated rings. The lowest BCUT2D eigenvalue weighted by molar-refractivity contribution is -0.124. The standard InChI is InChI=1S/C16H15N3O3S2/c17-6-3-7-18-15(20)8-22-16(21)13-4-1-2-5-14(13)24-10-12-9-23-11-19-12/h1-2,4-5,9,11H,3,7-8,10H2,(H,18,20). The molecule has 2 aromatic rings. The predicted molar refractivity (Wildman–Crippen MR) is 91.6 cm³/mol. The topological polar surface area (TPSA) is 92.1 Å². The van der Waals surface area contributed by atoms with Crippen LogP contribution in [0.1, 0.15) is 22.5 Å². The first-order chi connectivity index (χ1) is 11.7. The smallest absolute Gasteiger partial charge is 0.339 e. The summed E-state index contributed by atoms with van der Waals surface area (Å²) in [5, 5.41) is 12.9. The monoisotopic (exact) mass is 361 g/mol. The molecule has 1 N–H and O–H groups in total. The van der Waals surface area contributed by atoms with Gasteiger partial charge in [-0.15, -0.1) is 23.1 Å². The Hall–Kier alpha value is -2.37. The minimum Gasteiger partial charge on any atom is -0.452 e. The third-order valence-corrected chi connectivity index (χ3v) is 4.60. The van der Waals surface area contributed by atoms with Crippen molar-refractivity contribution in [1.29, 1.82) is 5.26 Å². The van der Waals surface area contributed by atoms with Gasteiger partial charge in [0, 0.05) is 22.6 Å². The molecule has 0 bridgehead atoms. The van der Waals surface area contributed by atoms with E-state index in [-0.39, 0.29) is 19.6 Å². The van der Waals surface area contributed by atoms with E-state index in [4.69, 9.17) is 10.00 Å². The quantitative estimate of drug-likeness (QED) is 0.441. The molecule has 8 heteroatoms. The number of hydrogen-bond acceptors (Lipinski definition) is 7. The maximum Gasteiger partial charge on any atom is 0.339 e. The van der Waals surface area contributed by atoms with Crippen molar-refractivity contribution in [3.05, 3.63) is 46.4 Å². The number of esters is 1. The van der Waals surface area contributed by atoms with E-state index in [0.29, 0.717) is 11.3 Å². The summed E-state index contributed by atoms with van der Waals surface area (Å²) in [6.07, 6.45) is 0.218. The summed E-state index contributed by atoms with van der Waals surface area (Å²) >= 11 is 3.01. The molecule has 0 radical (unpaired) electrons. The Bertz CT molecular complexity index is 726. The summed E-state index contributed by atoms with van der Waals surface area (Å²) in [5.74, 6) is -0.319. The number of thiazole rings is 1. The van der Waals surface area contributed by atoms with Crippen molar-refractivity contribution in [2.75, 3.05) is 13.2 Å². The summed E-state index contributed by atoms with van der Waals surface area (Å²) in [4.78, 5) is 28.7. The average molecular weight is 361 g/mol. The summed E-state index contributed by atoms with van der Waals surface area (Å²) < 4.78 is 5.04. The maximum absolute atomic E-state index is 12.2. The van der Waals surface area contributed by atoms with Crippen molar-refractivity contribution in [1.82, 2.24) is 10.3 Å². The van der Waals surface area contributed by atoms with E-state index in [1.54, 1.807) is 17.6 Å². The van der Waals surface area contributed by atoms with Crippen LogP contribution in [0, 0.1) is 11.3 Å². The van der Waals surface area contributed by atoms with Crippen molar-refractivity contribution in [2.24, 2.45) is 0 Å². The number of nitrogens with zero attached hydrogens (tertiary/aromatic N) is 2. The van der Waals surface area contributed by atoms with E-state index < -0.39 is 11.9 Å². The molecule has 1 amide bonds. The number of hydrogen-bond donors (Lipinski definition) is 1. The molecule has 0 saturated heterocycles. The number of carbonyl (C=O) groups is 2. The minimum atomic E-state index is -0.549. The fraction of sp³-hybridized carbons (Fsp3) is 0.250. The van der Waals surface area contributed by atoms with Crippen LogP contribution in [0.15, 0.2) is 40.1 Å². The Morgan fingerprint density at radius 1 is 1.38 bits per heavy atom. The van der Waals surface area contributed by atoms with E-state index in [2.05, 4.69) is 10.3 Å². The third kappa shape index (κ3) is 5.68. The Kier molecular flexibility index (Phi) is 7.26. The van der Waals surface area contributed by atoms with Crippen LogP contribution in [-0.2, 0) is 15.3 Å². The van der Waals surface area contributed by atoms with Gasteiger partial charge in [0.05, 0.1) is 29.3 Å². The predicted octanol–water partition coefficient (Wildman–Crippen LogP) is 2.62. The van der Waals surface area contributed by atoms with Gasteiger partial charge in [0.15, 0.2) is 6.61 Å². The Balaban J connectivity index is 1.89. The van der Waals surface area contributed by atoms with E-state index in [1.165, 1.54) is 23.1 Å². The number of amides is 1. The lowest BCUT2D eigenvalue weighted by Gasteiger charge is -2.09. The SMILES string of the molecule is N#CCCNC(=O)COC(=O)c1ccccc1SCc1cscn1. The largest absolute Gasteiger partial charge is 0.452 e. The lowest BCUT2D eigenvalue weighted by atomic mass is 10.2. The second-order valence-electron chi connectivity index (χ2n) is 4.60. The van der Waals surface area contributed by atoms with Crippen LogP contribution in [-0.4, -0.2) is 30.0 Å². The van der Waals surface area contributed by atoms with Gasteiger partial charge in [-0.3, -0.25) is 4.79 Å². The van der Waals surface area contributed by atoms with Crippen LogP contribution < -0.4 is 5.32 Å². The fourth-order valence-electron chi connectivity index (χ4n) is 1.74. The van der Waals surface area contributed by atoms with Crippen molar-refractivity contribution >= 4 is 35.0 Å². The number of rotatable bonds is 8. The van der Waals surface area contributed by atoms with Crippen molar-refractivity contribution < 1.29 is 14.3 Å². The number of thioether (sulfide) groups is 1. The third-order valence-electron chi connectivity index (χ3n) is 2.86. The first-order valence-electron chi connectivity index (χ1n) is 7.10. The zero-order valence-electron chi connectivity index (χ0n) is 12.7. The molecule has 0 aliphatic carbocycles. The van der Waals surface area contributed by atoms with E-state index in [9.17, 15) is 9.59 Å². The molecule has 0 saturated carbocycles. The zero-order valence-corrected chi connectivity index (χ0v) is 14.4. The van der Waals surface area contributed by atoms with Crippen molar-refractivity contribution in [3.8, 4) is 6.07 Å². The Morgan fingerprint density at radius 3 is 2.96 bits per heavy atom. The molecule has 0 atom stereocenters. The van der Waals surface area contributed by atoms with Gasteiger partial charge in [-0.1, -0.05) is 12.1 Å². The Morgan fingerprint density at radius 2 is 2.21 bits per heavy atom. The summed E-state index contributed by atoms with van der Waals surface area (Å²) in [7, 11) is 0. The van der Waals surface area contributed by atoms with Gasteiger partial charge in [0.1, 0.15) is 0 Å². The molecule has 2 rings (SSSR count). The van der Waals surface area contributed by atoms with Crippen LogP contribution in [0.4, 0.5) is 0 Å². The van der Waals surface area contributed by atoms with E-state index >= 15 is 0 Å². The highest BCUT2D eigenvalue weighted by Crippen LogP contribution is 2.26. The van der Waals surface area contributed by atoms with Gasteiger partial charge < -0.3 is 10.1 Å². The van der Waals surface area contributed by atoms with Gasteiger partial charge in [-0.25, -0.2) is 9.78 Å². The van der Waals surface area contributed by atoms with Crippen LogP contribution in [0.5, 0.6) is 0 Å².